The van der Waals surface area contributed by atoms with Crippen molar-refractivity contribution in [2.75, 3.05) is 26.2 Å². The number of piperidine rings is 1. The maximum atomic E-state index is 11.7. The predicted octanol–water partition coefficient (Wildman–Crippen LogP) is 0.138. The normalized spacial score (nSPS) is 24.2. The van der Waals surface area contributed by atoms with Crippen molar-refractivity contribution in [3.8, 4) is 0 Å². The second-order valence-corrected chi connectivity index (χ2v) is 5.78. The molecule has 0 spiro atoms. The molecule has 3 rings (SSSR count). The van der Waals surface area contributed by atoms with Crippen LogP contribution in [0.2, 0.25) is 0 Å². The summed E-state index contributed by atoms with van der Waals surface area (Å²) >= 11 is 0. The molecule has 104 valence electrons. The van der Waals surface area contributed by atoms with Crippen LogP contribution in [0.15, 0.2) is 10.9 Å². The molecule has 1 aromatic heterocycles. The second-order valence-electron chi connectivity index (χ2n) is 5.78. The van der Waals surface area contributed by atoms with Gasteiger partial charge in [-0.15, -0.1) is 0 Å². The molecule has 2 aliphatic heterocycles. The molecule has 0 radical (unpaired) electrons. The molecule has 1 saturated heterocycles. The highest BCUT2D eigenvalue weighted by atomic mass is 16.1. The van der Waals surface area contributed by atoms with Gasteiger partial charge in [0.2, 0.25) is 0 Å². The first-order valence-electron chi connectivity index (χ1n) is 7.21. The molecule has 1 aromatic rings. The molecule has 5 nitrogen and oxygen atoms in total. The van der Waals surface area contributed by atoms with Crippen LogP contribution in [0.1, 0.15) is 24.1 Å². The van der Waals surface area contributed by atoms with Crippen molar-refractivity contribution < 1.29 is 0 Å². The van der Waals surface area contributed by atoms with Crippen LogP contribution in [-0.2, 0) is 20.0 Å². The lowest BCUT2D eigenvalue weighted by atomic mass is 9.97. The van der Waals surface area contributed by atoms with Gasteiger partial charge in [-0.1, -0.05) is 0 Å². The summed E-state index contributed by atoms with van der Waals surface area (Å²) in [6, 6.07) is 1.76. The Morgan fingerprint density at radius 3 is 3.21 bits per heavy atom. The molecule has 2 aliphatic rings. The summed E-state index contributed by atoms with van der Waals surface area (Å²) in [4.78, 5) is 14.1. The van der Waals surface area contributed by atoms with Gasteiger partial charge in [-0.3, -0.25) is 9.69 Å². The fourth-order valence-corrected chi connectivity index (χ4v) is 3.15. The van der Waals surface area contributed by atoms with E-state index in [0.717, 1.165) is 49.8 Å². The van der Waals surface area contributed by atoms with E-state index in [0.29, 0.717) is 0 Å². The lowest BCUT2D eigenvalue weighted by molar-refractivity contribution is 0.191. The average Bonchev–Trinajstić information content (AvgIpc) is 2.42. The van der Waals surface area contributed by atoms with Crippen molar-refractivity contribution in [2.45, 2.75) is 25.8 Å². The molecule has 0 aliphatic carbocycles. The van der Waals surface area contributed by atoms with Crippen LogP contribution in [-0.4, -0.2) is 40.9 Å². The van der Waals surface area contributed by atoms with Crippen molar-refractivity contribution in [3.63, 3.8) is 0 Å². The molecule has 1 N–H and O–H groups in total. The van der Waals surface area contributed by atoms with Gasteiger partial charge in [0.25, 0.3) is 5.56 Å². The Hall–Kier alpha value is -1.20. The molecule has 0 amide bonds. The molecule has 3 heterocycles. The zero-order chi connectivity index (χ0) is 13.2. The quantitative estimate of drug-likeness (QED) is 0.823. The zero-order valence-electron chi connectivity index (χ0n) is 11.6. The number of fused-ring (bicyclic) bond motifs is 1. The smallest absolute Gasteiger partial charge is 0.266 e. The largest absolute Gasteiger partial charge is 0.316 e. The molecule has 5 heteroatoms. The summed E-state index contributed by atoms with van der Waals surface area (Å²) in [5.74, 6) is 0.759. The van der Waals surface area contributed by atoms with E-state index in [4.69, 9.17) is 0 Å². The number of rotatable bonds is 2. The minimum atomic E-state index is -0.0000620. The Morgan fingerprint density at radius 2 is 2.42 bits per heavy atom. The van der Waals surface area contributed by atoms with E-state index in [1.54, 1.807) is 13.1 Å². The highest BCUT2D eigenvalue weighted by molar-refractivity contribution is 5.20. The van der Waals surface area contributed by atoms with Crippen LogP contribution in [0.25, 0.3) is 0 Å². The molecule has 0 bridgehead atoms. The lowest BCUT2D eigenvalue weighted by Gasteiger charge is -2.33. The summed E-state index contributed by atoms with van der Waals surface area (Å²) in [5, 5.41) is 7.83. The van der Waals surface area contributed by atoms with E-state index in [-0.39, 0.29) is 5.56 Å². The first kappa shape index (κ1) is 12.8. The third-order valence-corrected chi connectivity index (χ3v) is 4.23. The fourth-order valence-electron chi connectivity index (χ4n) is 3.15. The topological polar surface area (TPSA) is 50.2 Å². The van der Waals surface area contributed by atoms with Gasteiger partial charge in [0, 0.05) is 39.2 Å². The van der Waals surface area contributed by atoms with Gasteiger partial charge in [0.05, 0.1) is 5.69 Å². The summed E-state index contributed by atoms with van der Waals surface area (Å²) in [6.45, 7) is 5.39. The third-order valence-electron chi connectivity index (χ3n) is 4.23. The maximum absolute atomic E-state index is 11.7. The Labute approximate surface area is 113 Å². The fraction of sp³-hybridized carbons (Fsp3) is 0.714. The predicted molar refractivity (Wildman–Crippen MR) is 74.1 cm³/mol. The van der Waals surface area contributed by atoms with Gasteiger partial charge in [-0.25, -0.2) is 4.68 Å². The number of aromatic nitrogens is 2. The monoisotopic (exact) mass is 262 g/mol. The van der Waals surface area contributed by atoms with Crippen molar-refractivity contribution in [2.24, 2.45) is 13.0 Å². The SMILES string of the molecule is Cn1nc2c(cc1=O)CN(CC1CCCNC1)CC2. The third kappa shape index (κ3) is 2.87. The number of nitrogens with zero attached hydrogens (tertiary/aromatic N) is 3. The van der Waals surface area contributed by atoms with Crippen molar-refractivity contribution >= 4 is 0 Å². The van der Waals surface area contributed by atoms with Gasteiger partial charge < -0.3 is 5.32 Å². The molecule has 0 aromatic carbocycles. The number of aryl methyl sites for hydroxylation is 1. The molecule has 1 unspecified atom stereocenters. The van der Waals surface area contributed by atoms with Crippen LogP contribution >= 0.6 is 0 Å². The van der Waals surface area contributed by atoms with Crippen molar-refractivity contribution in [3.05, 3.63) is 27.7 Å². The lowest BCUT2D eigenvalue weighted by Crippen LogP contribution is -2.41. The van der Waals surface area contributed by atoms with Crippen molar-refractivity contribution in [1.29, 1.82) is 0 Å². The van der Waals surface area contributed by atoms with Crippen LogP contribution in [0.3, 0.4) is 0 Å². The Kier molecular flexibility index (Phi) is 3.66. The second kappa shape index (κ2) is 5.43. The molecular weight excluding hydrogens is 240 g/mol. The van der Waals surface area contributed by atoms with Gasteiger partial charge >= 0.3 is 0 Å². The summed E-state index contributed by atoms with van der Waals surface area (Å²) in [5.41, 5.74) is 2.22. The highest BCUT2D eigenvalue weighted by Gasteiger charge is 2.22. The minimum Gasteiger partial charge on any atom is -0.316 e. The Morgan fingerprint density at radius 1 is 1.53 bits per heavy atom. The first-order valence-corrected chi connectivity index (χ1v) is 7.21. The summed E-state index contributed by atoms with van der Waals surface area (Å²) < 4.78 is 1.44. The number of hydrogen-bond donors (Lipinski definition) is 1. The molecular formula is C14H22N4O. The van der Waals surface area contributed by atoms with Crippen LogP contribution < -0.4 is 10.9 Å². The number of hydrogen-bond acceptors (Lipinski definition) is 4. The van der Waals surface area contributed by atoms with Crippen LogP contribution in [0.5, 0.6) is 0 Å². The standard InChI is InChI=1S/C14H22N4O/c1-17-14(19)7-12-10-18(6-4-13(12)16-17)9-11-3-2-5-15-8-11/h7,11,15H,2-6,8-10H2,1H3. The van der Waals surface area contributed by atoms with E-state index in [9.17, 15) is 4.79 Å². The molecule has 19 heavy (non-hydrogen) atoms. The minimum absolute atomic E-state index is 0.0000620. The summed E-state index contributed by atoms with van der Waals surface area (Å²) in [7, 11) is 1.72. The van der Waals surface area contributed by atoms with Crippen LogP contribution in [0, 0.1) is 5.92 Å². The maximum Gasteiger partial charge on any atom is 0.266 e. The number of nitrogens with one attached hydrogen (secondary N) is 1. The Bertz CT molecular complexity index is 505. The first-order chi connectivity index (χ1) is 9.22. The highest BCUT2D eigenvalue weighted by Crippen LogP contribution is 2.18. The Balaban J connectivity index is 1.68. The van der Waals surface area contributed by atoms with E-state index < -0.39 is 0 Å². The van der Waals surface area contributed by atoms with Crippen molar-refractivity contribution in [1.82, 2.24) is 20.0 Å². The van der Waals surface area contributed by atoms with Crippen LogP contribution in [0.4, 0.5) is 0 Å². The zero-order valence-corrected chi connectivity index (χ0v) is 11.6. The summed E-state index contributed by atoms with van der Waals surface area (Å²) in [6.07, 6.45) is 3.58. The average molecular weight is 262 g/mol. The molecule has 0 saturated carbocycles. The van der Waals surface area contributed by atoms with E-state index in [1.165, 1.54) is 24.1 Å². The van der Waals surface area contributed by atoms with E-state index >= 15 is 0 Å². The van der Waals surface area contributed by atoms with E-state index in [1.807, 2.05) is 0 Å². The van der Waals surface area contributed by atoms with E-state index in [2.05, 4.69) is 15.3 Å². The van der Waals surface area contributed by atoms with Gasteiger partial charge in [-0.2, -0.15) is 5.10 Å². The van der Waals surface area contributed by atoms with Gasteiger partial charge in [0.15, 0.2) is 0 Å². The van der Waals surface area contributed by atoms with Gasteiger partial charge in [0.1, 0.15) is 0 Å². The molecule has 1 atom stereocenters. The van der Waals surface area contributed by atoms with Gasteiger partial charge in [-0.05, 0) is 37.4 Å². The molecule has 1 fully saturated rings.